The summed E-state index contributed by atoms with van der Waals surface area (Å²) in [4.78, 5) is 4.59. The molecule has 0 N–H and O–H groups in total. The minimum atomic E-state index is 0.0692. The minimum absolute atomic E-state index is 0.0692. The Morgan fingerprint density at radius 3 is 2.59 bits per heavy atom. The van der Waals surface area contributed by atoms with E-state index in [9.17, 15) is 0 Å². The first-order valence-corrected chi connectivity index (χ1v) is 6.53. The molecule has 4 heteroatoms. The van der Waals surface area contributed by atoms with Crippen LogP contribution in [0.2, 0.25) is 0 Å². The monoisotopic (exact) mass is 243 g/mol. The Kier molecular flexibility index (Phi) is 2.59. The molecule has 3 rings (SSSR count). The van der Waals surface area contributed by atoms with Crippen molar-refractivity contribution in [2.75, 3.05) is 0 Å². The highest BCUT2D eigenvalue weighted by atomic mass is 32.2. The Bertz CT molecular complexity index is 526. The maximum atomic E-state index is 4.59. The SMILES string of the molecule is CC(C)c1ccc(C2=N[C@H]3C=NN=C3S2)cc1. The molecule has 0 spiro atoms. The number of benzene rings is 1. The Hall–Kier alpha value is -1.42. The van der Waals surface area contributed by atoms with Gasteiger partial charge in [0.2, 0.25) is 0 Å². The van der Waals surface area contributed by atoms with Crippen LogP contribution in [0.1, 0.15) is 30.9 Å². The molecule has 0 saturated heterocycles. The van der Waals surface area contributed by atoms with Gasteiger partial charge >= 0.3 is 0 Å². The van der Waals surface area contributed by atoms with Crippen LogP contribution >= 0.6 is 11.8 Å². The molecular weight excluding hydrogens is 230 g/mol. The molecule has 0 aliphatic carbocycles. The fraction of sp³-hybridized carbons (Fsp3) is 0.308. The second-order valence-electron chi connectivity index (χ2n) is 4.46. The fourth-order valence-electron chi connectivity index (χ4n) is 1.84. The van der Waals surface area contributed by atoms with Crippen LogP contribution in [-0.4, -0.2) is 22.3 Å². The number of fused-ring (bicyclic) bond motifs is 1. The summed E-state index contributed by atoms with van der Waals surface area (Å²) in [6, 6.07) is 8.69. The summed E-state index contributed by atoms with van der Waals surface area (Å²) in [5, 5.41) is 9.97. The van der Waals surface area contributed by atoms with Crippen molar-refractivity contribution in [1.29, 1.82) is 0 Å². The molecule has 0 aromatic heterocycles. The van der Waals surface area contributed by atoms with Gasteiger partial charge in [0.1, 0.15) is 16.1 Å². The van der Waals surface area contributed by atoms with Crippen molar-refractivity contribution in [3.63, 3.8) is 0 Å². The highest BCUT2D eigenvalue weighted by molar-refractivity contribution is 8.27. The molecular formula is C13H13N3S. The predicted octanol–water partition coefficient (Wildman–Crippen LogP) is 3.07. The molecule has 2 aliphatic rings. The molecule has 3 nitrogen and oxygen atoms in total. The molecule has 1 aromatic carbocycles. The van der Waals surface area contributed by atoms with Crippen LogP contribution in [-0.2, 0) is 0 Å². The molecule has 2 aliphatic heterocycles. The van der Waals surface area contributed by atoms with Crippen molar-refractivity contribution in [2.24, 2.45) is 15.2 Å². The van der Waals surface area contributed by atoms with Gasteiger partial charge in [0.25, 0.3) is 0 Å². The lowest BCUT2D eigenvalue weighted by Gasteiger charge is -2.06. The van der Waals surface area contributed by atoms with Crippen molar-refractivity contribution in [1.82, 2.24) is 0 Å². The Morgan fingerprint density at radius 2 is 1.94 bits per heavy atom. The van der Waals surface area contributed by atoms with Gasteiger partial charge in [-0.1, -0.05) is 38.1 Å². The van der Waals surface area contributed by atoms with Crippen LogP contribution in [0.5, 0.6) is 0 Å². The molecule has 2 heterocycles. The van der Waals surface area contributed by atoms with Gasteiger partial charge in [-0.3, -0.25) is 4.99 Å². The lowest BCUT2D eigenvalue weighted by atomic mass is 10.0. The van der Waals surface area contributed by atoms with Crippen molar-refractivity contribution < 1.29 is 0 Å². The van der Waals surface area contributed by atoms with Gasteiger partial charge in [0, 0.05) is 5.56 Å². The molecule has 17 heavy (non-hydrogen) atoms. The Labute approximate surface area is 105 Å². The number of rotatable bonds is 2. The van der Waals surface area contributed by atoms with Gasteiger partial charge < -0.3 is 0 Å². The maximum Gasteiger partial charge on any atom is 0.138 e. The summed E-state index contributed by atoms with van der Waals surface area (Å²) in [5.41, 5.74) is 2.53. The lowest BCUT2D eigenvalue weighted by molar-refractivity contribution is 0.866. The zero-order valence-corrected chi connectivity index (χ0v) is 10.6. The van der Waals surface area contributed by atoms with E-state index in [-0.39, 0.29) is 6.04 Å². The lowest BCUT2D eigenvalue weighted by Crippen LogP contribution is -2.06. The van der Waals surface area contributed by atoms with Crippen LogP contribution in [0, 0.1) is 0 Å². The van der Waals surface area contributed by atoms with E-state index < -0.39 is 0 Å². The average Bonchev–Trinajstić information content (AvgIpc) is 2.89. The molecule has 0 saturated carbocycles. The summed E-state index contributed by atoms with van der Waals surface area (Å²) in [6.07, 6.45) is 1.79. The largest absolute Gasteiger partial charge is 0.261 e. The number of aliphatic imine (C=N–C) groups is 1. The van der Waals surface area contributed by atoms with Gasteiger partial charge in [0.15, 0.2) is 0 Å². The van der Waals surface area contributed by atoms with Crippen molar-refractivity contribution >= 4 is 28.1 Å². The molecule has 0 bridgehead atoms. The summed E-state index contributed by atoms with van der Waals surface area (Å²) >= 11 is 1.62. The molecule has 1 aromatic rings. The summed E-state index contributed by atoms with van der Waals surface area (Å²) in [7, 11) is 0. The normalized spacial score (nSPS) is 21.7. The standard InChI is InChI=1S/C13H13N3S/c1-8(2)9-3-5-10(6-4-9)12-15-11-7-14-16-13(11)17-12/h3-8,11H,1-2H3/t11-/m0/s1. The van der Waals surface area contributed by atoms with Crippen LogP contribution in [0.25, 0.3) is 0 Å². The first kappa shape index (κ1) is 10.7. The second-order valence-corrected chi connectivity index (χ2v) is 5.47. The van der Waals surface area contributed by atoms with Crippen molar-refractivity contribution in [2.45, 2.75) is 25.8 Å². The third-order valence-corrected chi connectivity index (χ3v) is 3.97. The minimum Gasteiger partial charge on any atom is -0.261 e. The van der Waals surface area contributed by atoms with Crippen LogP contribution in [0.15, 0.2) is 39.5 Å². The van der Waals surface area contributed by atoms with E-state index in [1.165, 1.54) is 11.1 Å². The highest BCUT2D eigenvalue weighted by Crippen LogP contribution is 2.28. The molecule has 0 amide bonds. The Balaban J connectivity index is 1.86. The van der Waals surface area contributed by atoms with E-state index >= 15 is 0 Å². The molecule has 1 atom stereocenters. The van der Waals surface area contributed by atoms with Gasteiger partial charge in [-0.25, -0.2) is 0 Å². The number of hydrogen-bond donors (Lipinski definition) is 0. The number of thioether (sulfide) groups is 1. The summed E-state index contributed by atoms with van der Waals surface area (Å²) in [5.74, 6) is 0.568. The third kappa shape index (κ3) is 1.93. The number of nitrogens with zero attached hydrogens (tertiary/aromatic N) is 3. The predicted molar refractivity (Wildman–Crippen MR) is 74.4 cm³/mol. The molecule has 86 valence electrons. The summed E-state index contributed by atoms with van der Waals surface area (Å²) < 4.78 is 0. The van der Waals surface area contributed by atoms with E-state index in [4.69, 9.17) is 0 Å². The van der Waals surface area contributed by atoms with Crippen LogP contribution in [0.3, 0.4) is 0 Å². The fourth-order valence-corrected chi connectivity index (χ4v) is 2.78. The zero-order valence-electron chi connectivity index (χ0n) is 9.79. The average molecular weight is 243 g/mol. The van der Waals surface area contributed by atoms with E-state index in [1.807, 2.05) is 0 Å². The van der Waals surface area contributed by atoms with Gasteiger partial charge in [0.05, 0.1) is 6.21 Å². The van der Waals surface area contributed by atoms with E-state index in [0.29, 0.717) is 5.92 Å². The molecule has 0 unspecified atom stereocenters. The summed E-state index contributed by atoms with van der Waals surface area (Å²) in [6.45, 7) is 4.40. The topological polar surface area (TPSA) is 37.1 Å². The zero-order chi connectivity index (χ0) is 11.8. The molecule has 0 radical (unpaired) electrons. The van der Waals surface area contributed by atoms with Gasteiger partial charge in [-0.15, -0.1) is 5.10 Å². The first-order valence-electron chi connectivity index (χ1n) is 5.71. The molecule has 0 fully saturated rings. The smallest absolute Gasteiger partial charge is 0.138 e. The Morgan fingerprint density at radius 1 is 1.18 bits per heavy atom. The van der Waals surface area contributed by atoms with Gasteiger partial charge in [-0.05, 0) is 23.2 Å². The highest BCUT2D eigenvalue weighted by Gasteiger charge is 2.28. The van der Waals surface area contributed by atoms with E-state index in [0.717, 1.165) is 10.1 Å². The van der Waals surface area contributed by atoms with E-state index in [1.54, 1.807) is 18.0 Å². The van der Waals surface area contributed by atoms with Crippen molar-refractivity contribution in [3.8, 4) is 0 Å². The maximum absolute atomic E-state index is 4.59. The van der Waals surface area contributed by atoms with Crippen molar-refractivity contribution in [3.05, 3.63) is 35.4 Å². The third-order valence-electron chi connectivity index (χ3n) is 2.90. The second kappa shape index (κ2) is 4.11. The van der Waals surface area contributed by atoms with Crippen LogP contribution < -0.4 is 0 Å². The first-order chi connectivity index (χ1) is 8.24. The quantitative estimate of drug-likeness (QED) is 0.786. The van der Waals surface area contributed by atoms with Gasteiger partial charge in [-0.2, -0.15) is 5.10 Å². The van der Waals surface area contributed by atoms with Crippen LogP contribution in [0.4, 0.5) is 0 Å². The number of hydrogen-bond acceptors (Lipinski definition) is 4. The van der Waals surface area contributed by atoms with E-state index in [2.05, 4.69) is 53.3 Å².